The summed E-state index contributed by atoms with van der Waals surface area (Å²) in [5.41, 5.74) is 1.91. The van der Waals surface area contributed by atoms with Gasteiger partial charge in [0.25, 0.3) is 5.91 Å². The molecule has 1 atom stereocenters. The van der Waals surface area contributed by atoms with E-state index in [0.717, 1.165) is 12.0 Å². The molecule has 146 valence electrons. The Balaban J connectivity index is 1.84. The molecule has 0 saturated heterocycles. The van der Waals surface area contributed by atoms with Crippen LogP contribution in [-0.4, -0.2) is 35.2 Å². The predicted molar refractivity (Wildman–Crippen MR) is 106 cm³/mol. The highest BCUT2D eigenvalue weighted by Gasteiger charge is 2.33. The van der Waals surface area contributed by atoms with Gasteiger partial charge in [-0.15, -0.1) is 0 Å². The number of ether oxygens (including phenoxy) is 1. The second kappa shape index (κ2) is 8.21. The van der Waals surface area contributed by atoms with Crippen molar-refractivity contribution in [3.05, 3.63) is 47.7 Å². The number of carbonyl (C=O) groups excluding carboxylic acids is 3. The number of rotatable bonds is 6. The molecule has 3 rings (SSSR count). The summed E-state index contributed by atoms with van der Waals surface area (Å²) in [4.78, 5) is 42.9. The summed E-state index contributed by atoms with van der Waals surface area (Å²) in [5, 5.41) is 2.69. The van der Waals surface area contributed by atoms with E-state index < -0.39 is 6.10 Å². The molecule has 1 aliphatic rings. The standard InChI is InChI=1S/C21H23N3O4/c1-4-5-17(25)15-7-8-18-16(10-15)24(21(27)14(3)28-18)12-20(26)23-19-9-6-13(2)11-22-19/h6-11,14H,4-5,12H2,1-3H3,(H,22,23,26). The molecule has 28 heavy (non-hydrogen) atoms. The number of ketones is 1. The molecule has 2 aromatic rings. The number of benzene rings is 1. The molecule has 0 spiro atoms. The van der Waals surface area contributed by atoms with Gasteiger partial charge in [-0.1, -0.05) is 13.0 Å². The number of anilines is 2. The van der Waals surface area contributed by atoms with Gasteiger partial charge in [-0.3, -0.25) is 19.3 Å². The highest BCUT2D eigenvalue weighted by atomic mass is 16.5. The number of aromatic nitrogens is 1. The molecule has 0 bridgehead atoms. The van der Waals surface area contributed by atoms with Crippen LogP contribution in [0.15, 0.2) is 36.5 Å². The predicted octanol–water partition coefficient (Wildman–Crippen LogP) is 3.13. The molecule has 0 aliphatic carbocycles. The minimum Gasteiger partial charge on any atom is -0.479 e. The maximum atomic E-state index is 12.6. The number of hydrogen-bond donors (Lipinski definition) is 1. The number of fused-ring (bicyclic) bond motifs is 1. The molecule has 2 heterocycles. The Labute approximate surface area is 163 Å². The molecule has 1 aliphatic heterocycles. The van der Waals surface area contributed by atoms with E-state index in [2.05, 4.69) is 10.3 Å². The first-order valence-corrected chi connectivity index (χ1v) is 9.27. The Kier molecular flexibility index (Phi) is 5.73. The first kappa shape index (κ1) is 19.5. The van der Waals surface area contributed by atoms with Crippen LogP contribution in [0.3, 0.4) is 0 Å². The fourth-order valence-electron chi connectivity index (χ4n) is 2.98. The summed E-state index contributed by atoms with van der Waals surface area (Å²) in [6.45, 7) is 5.27. The van der Waals surface area contributed by atoms with Gasteiger partial charge in [0.15, 0.2) is 11.9 Å². The number of amides is 2. The van der Waals surface area contributed by atoms with Gasteiger partial charge in [0.1, 0.15) is 18.1 Å². The molecule has 2 amide bonds. The van der Waals surface area contributed by atoms with Crippen LogP contribution in [0.1, 0.15) is 42.6 Å². The van der Waals surface area contributed by atoms with Crippen LogP contribution in [-0.2, 0) is 9.59 Å². The van der Waals surface area contributed by atoms with E-state index in [1.54, 1.807) is 37.4 Å². The number of nitrogens with one attached hydrogen (secondary N) is 1. The average molecular weight is 381 g/mol. The van der Waals surface area contributed by atoms with Gasteiger partial charge in [0.2, 0.25) is 5.91 Å². The summed E-state index contributed by atoms with van der Waals surface area (Å²) < 4.78 is 5.64. The fraction of sp³-hybridized carbons (Fsp3) is 0.333. The quantitative estimate of drug-likeness (QED) is 0.777. The third-order valence-electron chi connectivity index (χ3n) is 4.45. The zero-order valence-corrected chi connectivity index (χ0v) is 16.2. The Morgan fingerprint density at radius 1 is 1.25 bits per heavy atom. The van der Waals surface area contributed by atoms with Gasteiger partial charge in [-0.05, 0) is 50.1 Å². The normalized spacial score (nSPS) is 15.6. The third kappa shape index (κ3) is 4.19. The molecule has 1 N–H and O–H groups in total. The molecule has 0 radical (unpaired) electrons. The molecule has 1 unspecified atom stereocenters. The largest absolute Gasteiger partial charge is 0.479 e. The van der Waals surface area contributed by atoms with Crippen molar-refractivity contribution in [2.75, 3.05) is 16.8 Å². The minimum atomic E-state index is -0.713. The van der Waals surface area contributed by atoms with Crippen molar-refractivity contribution in [2.45, 2.75) is 39.7 Å². The van der Waals surface area contributed by atoms with Gasteiger partial charge in [-0.2, -0.15) is 0 Å². The van der Waals surface area contributed by atoms with Crippen LogP contribution >= 0.6 is 0 Å². The number of pyridine rings is 1. The maximum Gasteiger partial charge on any atom is 0.268 e. The van der Waals surface area contributed by atoms with E-state index in [0.29, 0.717) is 29.2 Å². The van der Waals surface area contributed by atoms with Crippen molar-refractivity contribution in [1.29, 1.82) is 0 Å². The monoisotopic (exact) mass is 381 g/mol. The lowest BCUT2D eigenvalue weighted by Crippen LogP contribution is -2.47. The highest BCUT2D eigenvalue weighted by Crippen LogP contribution is 2.35. The molecule has 0 saturated carbocycles. The van der Waals surface area contributed by atoms with E-state index in [-0.39, 0.29) is 24.1 Å². The lowest BCUT2D eigenvalue weighted by atomic mass is 10.0. The number of carbonyl (C=O) groups is 3. The van der Waals surface area contributed by atoms with Gasteiger partial charge in [0, 0.05) is 18.2 Å². The Morgan fingerprint density at radius 3 is 2.71 bits per heavy atom. The summed E-state index contributed by atoms with van der Waals surface area (Å²) in [5.74, 6) is 0.164. The second-order valence-electron chi connectivity index (χ2n) is 6.81. The topological polar surface area (TPSA) is 88.6 Å². The van der Waals surface area contributed by atoms with E-state index in [9.17, 15) is 14.4 Å². The molecule has 1 aromatic heterocycles. The molecule has 0 fully saturated rings. The molecule has 7 heteroatoms. The lowest BCUT2D eigenvalue weighted by molar-refractivity contribution is -0.127. The SMILES string of the molecule is CCCC(=O)c1ccc2c(c1)N(CC(=O)Nc1ccc(C)cn1)C(=O)C(C)O2. The van der Waals surface area contributed by atoms with Crippen molar-refractivity contribution in [3.8, 4) is 5.75 Å². The second-order valence-corrected chi connectivity index (χ2v) is 6.81. The number of nitrogens with zero attached hydrogens (tertiary/aromatic N) is 2. The van der Waals surface area contributed by atoms with E-state index in [4.69, 9.17) is 4.74 Å². The molecular weight excluding hydrogens is 358 g/mol. The Hall–Kier alpha value is -3.22. The Morgan fingerprint density at radius 2 is 2.04 bits per heavy atom. The van der Waals surface area contributed by atoms with Gasteiger partial charge in [0.05, 0.1) is 5.69 Å². The van der Waals surface area contributed by atoms with Gasteiger partial charge in [-0.25, -0.2) is 4.98 Å². The zero-order valence-electron chi connectivity index (χ0n) is 16.2. The maximum absolute atomic E-state index is 12.6. The highest BCUT2D eigenvalue weighted by molar-refractivity contribution is 6.07. The molecule has 7 nitrogen and oxygen atoms in total. The van der Waals surface area contributed by atoms with Gasteiger partial charge >= 0.3 is 0 Å². The average Bonchev–Trinajstić information content (AvgIpc) is 2.67. The van der Waals surface area contributed by atoms with E-state index in [1.807, 2.05) is 19.9 Å². The van der Waals surface area contributed by atoms with Crippen molar-refractivity contribution in [3.63, 3.8) is 0 Å². The molecule has 1 aromatic carbocycles. The van der Waals surface area contributed by atoms with Crippen LogP contribution in [0.2, 0.25) is 0 Å². The lowest BCUT2D eigenvalue weighted by Gasteiger charge is -2.32. The summed E-state index contributed by atoms with van der Waals surface area (Å²) >= 11 is 0. The van der Waals surface area contributed by atoms with Crippen LogP contribution in [0, 0.1) is 6.92 Å². The van der Waals surface area contributed by atoms with Crippen molar-refractivity contribution < 1.29 is 19.1 Å². The summed E-state index contributed by atoms with van der Waals surface area (Å²) in [6.07, 6.45) is 2.09. The Bertz CT molecular complexity index is 908. The third-order valence-corrected chi connectivity index (χ3v) is 4.45. The molecular formula is C21H23N3O4. The smallest absolute Gasteiger partial charge is 0.268 e. The van der Waals surface area contributed by atoms with Crippen LogP contribution in [0.4, 0.5) is 11.5 Å². The first-order valence-electron chi connectivity index (χ1n) is 9.27. The number of Topliss-reactive ketones (excluding diaryl/α,β-unsaturated/α-hetero) is 1. The number of aryl methyl sites for hydroxylation is 1. The summed E-state index contributed by atoms with van der Waals surface area (Å²) in [6, 6.07) is 8.52. The van der Waals surface area contributed by atoms with Crippen LogP contribution in [0.5, 0.6) is 5.75 Å². The summed E-state index contributed by atoms with van der Waals surface area (Å²) in [7, 11) is 0. The van der Waals surface area contributed by atoms with Crippen molar-refractivity contribution in [2.24, 2.45) is 0 Å². The number of hydrogen-bond acceptors (Lipinski definition) is 5. The van der Waals surface area contributed by atoms with E-state index >= 15 is 0 Å². The van der Waals surface area contributed by atoms with Crippen molar-refractivity contribution in [1.82, 2.24) is 4.98 Å². The van der Waals surface area contributed by atoms with Gasteiger partial charge < -0.3 is 10.1 Å². The minimum absolute atomic E-state index is 0.00960. The van der Waals surface area contributed by atoms with Crippen molar-refractivity contribution >= 4 is 29.1 Å². The van der Waals surface area contributed by atoms with Crippen LogP contribution in [0.25, 0.3) is 0 Å². The first-order chi connectivity index (χ1) is 13.4. The van der Waals surface area contributed by atoms with E-state index in [1.165, 1.54) is 4.90 Å². The van der Waals surface area contributed by atoms with Crippen LogP contribution < -0.4 is 15.0 Å². The zero-order chi connectivity index (χ0) is 20.3. The fourth-order valence-corrected chi connectivity index (χ4v) is 2.98.